The minimum Gasteiger partial charge on any atom is -0.370 e. The summed E-state index contributed by atoms with van der Waals surface area (Å²) in [6, 6.07) is 2.59. The molecule has 0 unspecified atom stereocenters. The average Bonchev–Trinajstić information content (AvgIpc) is 2.60. The molecule has 0 spiro atoms. The Morgan fingerprint density at radius 3 is 2.53 bits per heavy atom. The molecule has 1 aromatic carbocycles. The molecule has 1 aromatic rings. The highest BCUT2D eigenvalue weighted by Gasteiger charge is 2.32. The maximum absolute atomic E-state index is 13.7. The summed E-state index contributed by atoms with van der Waals surface area (Å²) in [5.41, 5.74) is 4.95. The zero-order valence-corrected chi connectivity index (χ0v) is 17.6. The van der Waals surface area contributed by atoms with Crippen molar-refractivity contribution in [1.29, 1.82) is 0 Å². The minimum absolute atomic E-state index is 0.0626. The first kappa shape index (κ1) is 23.7. The van der Waals surface area contributed by atoms with Gasteiger partial charge in [-0.2, -0.15) is 0 Å². The standard InChI is InChI=1S/C20H28F2N4O4/c1-20(2,3)11-25(4)16(18(23)28)19(29)24-12-5-6-14(13(9-12)17(21)22)26-7-8-30-10-15(26)27/h5-6,9,16-17H,7-8,10-11H2,1-4H3,(H2,23,28)(H,24,29)/t16-/m0/s1. The number of alkyl halides is 2. The van der Waals surface area contributed by atoms with Gasteiger partial charge in [-0.1, -0.05) is 20.8 Å². The molecular formula is C20H28F2N4O4. The molecule has 1 aliphatic rings. The molecule has 0 bridgehead atoms. The highest BCUT2D eigenvalue weighted by Crippen LogP contribution is 2.33. The van der Waals surface area contributed by atoms with Gasteiger partial charge in [0.15, 0.2) is 6.04 Å². The van der Waals surface area contributed by atoms with E-state index in [9.17, 15) is 23.2 Å². The smallest absolute Gasteiger partial charge is 0.265 e. The van der Waals surface area contributed by atoms with Crippen LogP contribution in [0.1, 0.15) is 32.8 Å². The van der Waals surface area contributed by atoms with E-state index < -0.39 is 35.8 Å². The van der Waals surface area contributed by atoms with Crippen LogP contribution in [-0.4, -0.2) is 62.0 Å². The summed E-state index contributed by atoms with van der Waals surface area (Å²) in [5, 5.41) is 2.48. The Kier molecular flexibility index (Phi) is 7.49. The zero-order valence-electron chi connectivity index (χ0n) is 17.6. The molecule has 166 valence electrons. The van der Waals surface area contributed by atoms with Crippen LogP contribution in [-0.2, 0) is 19.1 Å². The first-order chi connectivity index (χ1) is 13.9. The number of benzene rings is 1. The molecule has 1 saturated heterocycles. The number of halogens is 2. The van der Waals surface area contributed by atoms with E-state index in [-0.39, 0.29) is 36.5 Å². The summed E-state index contributed by atoms with van der Waals surface area (Å²) in [5.74, 6) is -1.98. The summed E-state index contributed by atoms with van der Waals surface area (Å²) in [6.07, 6.45) is -2.87. The van der Waals surface area contributed by atoms with Crippen molar-refractivity contribution < 1.29 is 27.9 Å². The number of carbonyl (C=O) groups is 3. The molecular weight excluding hydrogens is 398 g/mol. The van der Waals surface area contributed by atoms with Gasteiger partial charge in [0.05, 0.1) is 12.3 Å². The van der Waals surface area contributed by atoms with Gasteiger partial charge in [-0.3, -0.25) is 19.3 Å². The van der Waals surface area contributed by atoms with Crippen LogP contribution in [0.5, 0.6) is 0 Å². The summed E-state index contributed by atoms with van der Waals surface area (Å²) >= 11 is 0. The fourth-order valence-electron chi connectivity index (χ4n) is 3.42. The highest BCUT2D eigenvalue weighted by atomic mass is 19.3. The maximum atomic E-state index is 13.7. The number of likely N-dealkylation sites (N-methyl/N-ethyl adjacent to an activating group) is 1. The predicted octanol–water partition coefficient (Wildman–Crippen LogP) is 1.76. The molecule has 1 heterocycles. The van der Waals surface area contributed by atoms with E-state index in [4.69, 9.17) is 10.5 Å². The van der Waals surface area contributed by atoms with E-state index in [1.807, 2.05) is 20.8 Å². The van der Waals surface area contributed by atoms with Crippen LogP contribution in [0, 0.1) is 5.41 Å². The van der Waals surface area contributed by atoms with E-state index in [0.29, 0.717) is 6.54 Å². The van der Waals surface area contributed by atoms with Gasteiger partial charge in [-0.25, -0.2) is 8.78 Å². The van der Waals surface area contributed by atoms with E-state index >= 15 is 0 Å². The number of primary amides is 1. The van der Waals surface area contributed by atoms with E-state index in [2.05, 4.69) is 5.32 Å². The quantitative estimate of drug-likeness (QED) is 0.647. The van der Waals surface area contributed by atoms with Gasteiger partial charge in [-0.05, 0) is 30.7 Å². The normalized spacial score (nSPS) is 16.1. The van der Waals surface area contributed by atoms with Crippen molar-refractivity contribution in [3.8, 4) is 0 Å². The predicted molar refractivity (Wildman–Crippen MR) is 108 cm³/mol. The number of nitrogens with two attached hydrogens (primary N) is 1. The van der Waals surface area contributed by atoms with Crippen molar-refractivity contribution >= 4 is 29.1 Å². The summed E-state index contributed by atoms with van der Waals surface area (Å²) < 4.78 is 32.4. The molecule has 1 atom stereocenters. The van der Waals surface area contributed by atoms with Gasteiger partial charge in [0.2, 0.25) is 5.91 Å². The molecule has 0 saturated carbocycles. The number of carbonyl (C=O) groups excluding carboxylic acids is 3. The minimum atomic E-state index is -2.87. The number of morpholine rings is 1. The van der Waals surface area contributed by atoms with E-state index in [0.717, 1.165) is 6.07 Å². The Morgan fingerprint density at radius 1 is 1.33 bits per heavy atom. The van der Waals surface area contributed by atoms with Crippen LogP contribution in [0.25, 0.3) is 0 Å². The largest absolute Gasteiger partial charge is 0.370 e. The van der Waals surface area contributed by atoms with E-state index in [1.54, 1.807) is 7.05 Å². The lowest BCUT2D eigenvalue weighted by Crippen LogP contribution is -2.52. The summed E-state index contributed by atoms with van der Waals surface area (Å²) in [6.45, 7) is 6.47. The second-order valence-corrected chi connectivity index (χ2v) is 8.44. The fraction of sp³-hybridized carbons (Fsp3) is 0.550. The number of hydrogen-bond acceptors (Lipinski definition) is 5. The number of rotatable bonds is 7. The van der Waals surface area contributed by atoms with Crippen molar-refractivity contribution in [3.05, 3.63) is 23.8 Å². The molecule has 2 rings (SSSR count). The molecule has 3 amide bonds. The number of ether oxygens (including phenoxy) is 1. The van der Waals surface area contributed by atoms with Crippen LogP contribution in [0.2, 0.25) is 0 Å². The third-order valence-electron chi connectivity index (χ3n) is 4.49. The molecule has 3 N–H and O–H groups in total. The number of nitrogens with one attached hydrogen (secondary N) is 1. The van der Waals surface area contributed by atoms with E-state index in [1.165, 1.54) is 21.9 Å². The Labute approximate surface area is 174 Å². The second-order valence-electron chi connectivity index (χ2n) is 8.44. The number of hydrogen-bond donors (Lipinski definition) is 2. The number of nitrogens with zero attached hydrogens (tertiary/aromatic N) is 2. The summed E-state index contributed by atoms with van der Waals surface area (Å²) in [7, 11) is 1.60. The van der Waals surface area contributed by atoms with Gasteiger partial charge < -0.3 is 20.7 Å². The molecule has 1 fully saturated rings. The SMILES string of the molecule is CN(CC(C)(C)C)[C@@H](C(N)=O)C(=O)Nc1ccc(N2CCOCC2=O)c(C(F)F)c1. The first-order valence-corrected chi connectivity index (χ1v) is 9.51. The lowest BCUT2D eigenvalue weighted by molar-refractivity contribution is -0.132. The van der Waals surface area contributed by atoms with Crippen LogP contribution < -0.4 is 16.0 Å². The third kappa shape index (κ3) is 5.96. The number of amides is 3. The Balaban J connectivity index is 2.26. The van der Waals surface area contributed by atoms with Gasteiger partial charge in [-0.15, -0.1) is 0 Å². The summed E-state index contributed by atoms with van der Waals surface area (Å²) in [4.78, 5) is 39.3. The van der Waals surface area contributed by atoms with Crippen LogP contribution in [0.15, 0.2) is 18.2 Å². The Bertz CT molecular complexity index is 810. The Morgan fingerprint density at radius 2 is 2.00 bits per heavy atom. The lowest BCUT2D eigenvalue weighted by atomic mass is 9.95. The van der Waals surface area contributed by atoms with Crippen molar-refractivity contribution in [1.82, 2.24) is 4.90 Å². The van der Waals surface area contributed by atoms with Gasteiger partial charge in [0, 0.05) is 24.3 Å². The maximum Gasteiger partial charge on any atom is 0.265 e. The topological polar surface area (TPSA) is 105 Å². The third-order valence-corrected chi connectivity index (χ3v) is 4.49. The molecule has 0 aliphatic carbocycles. The van der Waals surface area contributed by atoms with Crippen LogP contribution >= 0.6 is 0 Å². The molecule has 10 heteroatoms. The molecule has 0 radical (unpaired) electrons. The fourth-order valence-corrected chi connectivity index (χ4v) is 3.42. The van der Waals surface area contributed by atoms with Crippen molar-refractivity contribution in [3.63, 3.8) is 0 Å². The van der Waals surface area contributed by atoms with Crippen LogP contribution in [0.3, 0.4) is 0 Å². The van der Waals surface area contributed by atoms with Crippen molar-refractivity contribution in [2.75, 3.05) is 43.6 Å². The molecule has 8 nitrogen and oxygen atoms in total. The lowest BCUT2D eigenvalue weighted by Gasteiger charge is -2.31. The first-order valence-electron chi connectivity index (χ1n) is 9.51. The van der Waals surface area contributed by atoms with Gasteiger partial charge in [0.25, 0.3) is 18.2 Å². The zero-order chi connectivity index (χ0) is 22.6. The van der Waals surface area contributed by atoms with Crippen molar-refractivity contribution in [2.45, 2.75) is 33.2 Å². The second kappa shape index (κ2) is 9.48. The number of anilines is 2. The van der Waals surface area contributed by atoms with Crippen molar-refractivity contribution in [2.24, 2.45) is 11.1 Å². The average molecular weight is 426 g/mol. The molecule has 1 aliphatic heterocycles. The molecule has 0 aromatic heterocycles. The van der Waals surface area contributed by atoms with Crippen LogP contribution in [0.4, 0.5) is 20.2 Å². The Hall–Kier alpha value is -2.59. The molecule has 30 heavy (non-hydrogen) atoms. The van der Waals surface area contributed by atoms with Gasteiger partial charge in [0.1, 0.15) is 6.61 Å². The monoisotopic (exact) mass is 426 g/mol. The highest BCUT2D eigenvalue weighted by molar-refractivity contribution is 6.09. The van der Waals surface area contributed by atoms with Gasteiger partial charge >= 0.3 is 0 Å².